The second kappa shape index (κ2) is 7.18. The Morgan fingerprint density at radius 2 is 1.83 bits per heavy atom. The fraction of sp³-hybridized carbons (Fsp3) is 0.316. The molecule has 0 saturated carbocycles. The van der Waals surface area contributed by atoms with Crippen molar-refractivity contribution >= 4 is 35.5 Å². The second-order valence-corrected chi connectivity index (χ2v) is 7.29. The molecule has 124 valence electrons. The fourth-order valence-corrected chi connectivity index (χ4v) is 4.37. The first-order valence-electron chi connectivity index (χ1n) is 8.33. The quantitative estimate of drug-likeness (QED) is 0.607. The highest BCUT2D eigenvalue weighted by atomic mass is 35.5. The topological polar surface area (TPSA) is 18.8 Å². The van der Waals surface area contributed by atoms with Crippen LogP contribution in [0.15, 0.2) is 51.8 Å². The van der Waals surface area contributed by atoms with Gasteiger partial charge >= 0.3 is 0 Å². The van der Waals surface area contributed by atoms with Crippen LogP contribution in [0.4, 0.5) is 5.69 Å². The van der Waals surface area contributed by atoms with Crippen molar-refractivity contribution in [3.63, 3.8) is 0 Å². The maximum absolute atomic E-state index is 5.89. The molecule has 2 aliphatic rings. The van der Waals surface area contributed by atoms with E-state index in [1.54, 1.807) is 11.9 Å². The first-order chi connectivity index (χ1) is 11.9. The van der Waals surface area contributed by atoms with E-state index < -0.39 is 0 Å². The molecule has 24 heavy (non-hydrogen) atoms. The first kappa shape index (κ1) is 16.0. The van der Waals surface area contributed by atoms with Crippen molar-refractivity contribution in [3.8, 4) is 11.1 Å². The number of nitrogens with zero attached hydrogens (tertiary/aromatic N) is 3. The molecule has 2 aromatic carbocycles. The summed E-state index contributed by atoms with van der Waals surface area (Å²) in [5.74, 6) is 0.710. The highest BCUT2D eigenvalue weighted by Crippen LogP contribution is 2.41. The molecule has 4 rings (SSSR count). The van der Waals surface area contributed by atoms with Gasteiger partial charge in [-0.15, -0.1) is 11.6 Å². The lowest BCUT2D eigenvalue weighted by Gasteiger charge is -2.37. The zero-order valence-corrected chi connectivity index (χ0v) is 15.1. The summed E-state index contributed by atoms with van der Waals surface area (Å²) in [5, 5.41) is 0. The third-order valence-corrected chi connectivity index (χ3v) is 5.62. The standard InChI is InChI=1S/C19H20ClN3S/c20-8-9-22-10-12-23(13-11-22)17-6-3-4-15-14-21-24-18-7-2-1-5-16(18)19(15)17/h1-7,14H,8-13H2. The Morgan fingerprint density at radius 1 is 1.00 bits per heavy atom. The average molecular weight is 358 g/mol. The van der Waals surface area contributed by atoms with Crippen LogP contribution >= 0.6 is 23.5 Å². The number of hydrogen-bond acceptors (Lipinski definition) is 4. The predicted octanol–water partition coefficient (Wildman–Crippen LogP) is 4.15. The minimum Gasteiger partial charge on any atom is -0.368 e. The van der Waals surface area contributed by atoms with Gasteiger partial charge in [0.1, 0.15) is 0 Å². The summed E-state index contributed by atoms with van der Waals surface area (Å²) in [6.45, 7) is 5.20. The lowest BCUT2D eigenvalue weighted by Crippen LogP contribution is -2.47. The highest BCUT2D eigenvalue weighted by molar-refractivity contribution is 7.98. The number of benzene rings is 2. The zero-order chi connectivity index (χ0) is 16.4. The molecule has 0 bridgehead atoms. The lowest BCUT2D eigenvalue weighted by molar-refractivity contribution is 0.273. The molecule has 0 amide bonds. The van der Waals surface area contributed by atoms with E-state index in [1.165, 1.54) is 27.3 Å². The molecule has 1 saturated heterocycles. The second-order valence-electron chi connectivity index (χ2n) is 6.08. The number of piperazine rings is 1. The molecular formula is C19H20ClN3S. The maximum atomic E-state index is 5.89. The smallest absolute Gasteiger partial charge is 0.0453 e. The van der Waals surface area contributed by atoms with Gasteiger partial charge in [0, 0.05) is 78.5 Å². The Kier molecular flexibility index (Phi) is 4.79. The lowest BCUT2D eigenvalue weighted by atomic mass is 9.97. The van der Waals surface area contributed by atoms with Gasteiger partial charge in [0.25, 0.3) is 0 Å². The van der Waals surface area contributed by atoms with Gasteiger partial charge in [0.05, 0.1) is 0 Å². The number of alkyl halides is 1. The number of fused-ring (bicyclic) bond motifs is 3. The monoisotopic (exact) mass is 357 g/mol. The van der Waals surface area contributed by atoms with Crippen LogP contribution in [0, 0.1) is 0 Å². The van der Waals surface area contributed by atoms with Crippen LogP contribution in [-0.2, 0) is 0 Å². The fourth-order valence-electron chi connectivity index (χ4n) is 3.45. The van der Waals surface area contributed by atoms with Gasteiger partial charge in [0.2, 0.25) is 0 Å². The van der Waals surface area contributed by atoms with Crippen molar-refractivity contribution in [1.82, 2.24) is 4.90 Å². The minimum atomic E-state index is 0.710. The molecule has 0 spiro atoms. The average Bonchev–Trinajstić information content (AvgIpc) is 2.82. The molecular weight excluding hydrogens is 338 g/mol. The zero-order valence-electron chi connectivity index (χ0n) is 13.5. The molecule has 2 aromatic rings. The Hall–Kier alpha value is -1.49. The van der Waals surface area contributed by atoms with E-state index in [2.05, 4.69) is 56.7 Å². The van der Waals surface area contributed by atoms with Crippen molar-refractivity contribution in [2.45, 2.75) is 4.90 Å². The van der Waals surface area contributed by atoms with Crippen LogP contribution in [0.2, 0.25) is 0 Å². The molecule has 0 aromatic heterocycles. The van der Waals surface area contributed by atoms with Crippen molar-refractivity contribution in [1.29, 1.82) is 0 Å². The summed E-state index contributed by atoms with van der Waals surface area (Å²) < 4.78 is 4.53. The van der Waals surface area contributed by atoms with Crippen LogP contribution in [0.1, 0.15) is 5.56 Å². The van der Waals surface area contributed by atoms with Crippen LogP contribution in [0.3, 0.4) is 0 Å². The molecule has 5 heteroatoms. The van der Waals surface area contributed by atoms with Gasteiger partial charge in [-0.05, 0) is 17.7 Å². The van der Waals surface area contributed by atoms with E-state index in [1.807, 2.05) is 6.21 Å². The number of anilines is 1. The van der Waals surface area contributed by atoms with Crippen LogP contribution in [0.5, 0.6) is 0 Å². The van der Waals surface area contributed by atoms with Crippen molar-refractivity contribution in [2.24, 2.45) is 4.40 Å². The summed E-state index contributed by atoms with van der Waals surface area (Å²) in [5.41, 5.74) is 5.12. The van der Waals surface area contributed by atoms with Crippen LogP contribution < -0.4 is 4.90 Å². The molecule has 0 atom stereocenters. The molecule has 0 radical (unpaired) electrons. The summed E-state index contributed by atoms with van der Waals surface area (Å²) in [6, 6.07) is 15.1. The first-order valence-corrected chi connectivity index (χ1v) is 9.63. The molecule has 0 N–H and O–H groups in total. The number of hydrogen-bond donors (Lipinski definition) is 0. The molecule has 3 nitrogen and oxygen atoms in total. The van der Waals surface area contributed by atoms with E-state index in [0.29, 0.717) is 5.88 Å². The predicted molar refractivity (Wildman–Crippen MR) is 105 cm³/mol. The van der Waals surface area contributed by atoms with E-state index in [-0.39, 0.29) is 0 Å². The Labute approximate surface area is 152 Å². The van der Waals surface area contributed by atoms with Gasteiger partial charge in [-0.3, -0.25) is 4.90 Å². The van der Waals surface area contributed by atoms with E-state index in [9.17, 15) is 0 Å². The van der Waals surface area contributed by atoms with Crippen molar-refractivity contribution < 1.29 is 0 Å². The van der Waals surface area contributed by atoms with Crippen molar-refractivity contribution in [3.05, 3.63) is 48.0 Å². The van der Waals surface area contributed by atoms with Gasteiger partial charge in [-0.25, -0.2) is 4.40 Å². The SMILES string of the molecule is ClCCN1CCN(c2cccc3c2-c2ccccc2SN=C3)CC1. The molecule has 1 fully saturated rings. The van der Waals surface area contributed by atoms with Gasteiger partial charge in [-0.1, -0.05) is 30.3 Å². The van der Waals surface area contributed by atoms with Gasteiger partial charge in [-0.2, -0.15) is 0 Å². The number of halogens is 1. The van der Waals surface area contributed by atoms with Gasteiger partial charge < -0.3 is 4.90 Å². The Balaban J connectivity index is 1.72. The number of rotatable bonds is 3. The summed E-state index contributed by atoms with van der Waals surface area (Å²) in [4.78, 5) is 6.17. The highest BCUT2D eigenvalue weighted by Gasteiger charge is 2.22. The summed E-state index contributed by atoms with van der Waals surface area (Å²) in [6.07, 6.45) is 1.99. The van der Waals surface area contributed by atoms with E-state index in [4.69, 9.17) is 11.6 Å². The van der Waals surface area contributed by atoms with Crippen molar-refractivity contribution in [2.75, 3.05) is 43.5 Å². The summed E-state index contributed by atoms with van der Waals surface area (Å²) in [7, 11) is 0. The Morgan fingerprint density at radius 3 is 2.67 bits per heavy atom. The largest absolute Gasteiger partial charge is 0.368 e. The summed E-state index contributed by atoms with van der Waals surface area (Å²) >= 11 is 7.44. The Bertz CT molecular complexity index is 754. The third kappa shape index (κ3) is 3.06. The van der Waals surface area contributed by atoms with Crippen LogP contribution in [0.25, 0.3) is 11.1 Å². The normalized spacial score (nSPS) is 17.3. The molecule has 2 heterocycles. The molecule has 0 aliphatic carbocycles. The maximum Gasteiger partial charge on any atom is 0.0453 e. The minimum absolute atomic E-state index is 0.710. The molecule has 0 unspecified atom stereocenters. The third-order valence-electron chi connectivity index (χ3n) is 4.69. The van der Waals surface area contributed by atoms with E-state index >= 15 is 0 Å². The van der Waals surface area contributed by atoms with Crippen LogP contribution in [-0.4, -0.2) is 49.7 Å². The molecule has 2 aliphatic heterocycles. The van der Waals surface area contributed by atoms with E-state index in [0.717, 1.165) is 32.7 Å². The van der Waals surface area contributed by atoms with Gasteiger partial charge in [0.15, 0.2) is 0 Å².